The average molecular weight is 403 g/mol. The normalized spacial score (nSPS) is 14.8. The smallest absolute Gasteiger partial charge is 0.228 e. The average Bonchev–Trinajstić information content (AvgIpc) is 2.67. The molecule has 0 saturated carbocycles. The highest BCUT2D eigenvalue weighted by Gasteiger charge is 2.34. The molecule has 0 bridgehead atoms. The minimum Gasteiger partial charge on any atom is -0.494 e. The minimum atomic E-state index is 0.186. The summed E-state index contributed by atoms with van der Waals surface area (Å²) in [7, 11) is 0. The van der Waals surface area contributed by atoms with Crippen LogP contribution in [0.15, 0.2) is 24.3 Å². The zero-order valence-corrected chi connectivity index (χ0v) is 19.2. The van der Waals surface area contributed by atoms with Crippen LogP contribution in [0.3, 0.4) is 0 Å². The Morgan fingerprint density at radius 2 is 1.72 bits per heavy atom. The van der Waals surface area contributed by atoms with E-state index in [1.165, 1.54) is 24.8 Å². The molecule has 1 amide bonds. The Labute approximate surface area is 178 Å². The second-order valence-corrected chi connectivity index (χ2v) is 8.95. The maximum atomic E-state index is 12.6. The van der Waals surface area contributed by atoms with Gasteiger partial charge < -0.3 is 9.64 Å². The van der Waals surface area contributed by atoms with Gasteiger partial charge in [0.05, 0.1) is 12.5 Å². The predicted octanol–water partition coefficient (Wildman–Crippen LogP) is 5.36. The van der Waals surface area contributed by atoms with Gasteiger partial charge in [-0.25, -0.2) is 0 Å². The summed E-state index contributed by atoms with van der Waals surface area (Å²) >= 11 is 0. The Kier molecular flexibility index (Phi) is 10.5. The van der Waals surface area contributed by atoms with Gasteiger partial charge in [-0.15, -0.1) is 0 Å². The second kappa shape index (κ2) is 12.9. The molecule has 1 aromatic rings. The van der Waals surface area contributed by atoms with Crippen LogP contribution in [0.4, 0.5) is 0 Å². The van der Waals surface area contributed by atoms with Crippen molar-refractivity contribution >= 4 is 5.91 Å². The van der Waals surface area contributed by atoms with E-state index in [1.807, 2.05) is 0 Å². The molecule has 1 aliphatic heterocycles. The van der Waals surface area contributed by atoms with Crippen LogP contribution in [0.25, 0.3) is 0 Å². The molecule has 0 N–H and O–H groups in total. The molecular formula is C25H42N2O2. The number of benzene rings is 1. The molecule has 164 valence electrons. The highest BCUT2D eigenvalue weighted by molar-refractivity contribution is 5.80. The summed E-state index contributed by atoms with van der Waals surface area (Å²) in [6.07, 6.45) is 7.06. The number of amides is 1. The molecule has 0 unspecified atom stereocenters. The largest absolute Gasteiger partial charge is 0.494 e. The monoisotopic (exact) mass is 402 g/mol. The molecule has 0 aliphatic carbocycles. The van der Waals surface area contributed by atoms with Crippen molar-refractivity contribution in [3.8, 4) is 5.75 Å². The minimum absolute atomic E-state index is 0.186. The number of hydrogen-bond acceptors (Lipinski definition) is 3. The number of carbonyl (C=O) groups is 1. The summed E-state index contributed by atoms with van der Waals surface area (Å²) in [6.45, 7) is 14.1. The standard InChI is InChI=1S/C25H42N2O2/c1-5-15-27(16-6-2)25(28)23-19-26(20-23)18-22-11-13-24(14-12-22)29-17-9-7-8-10-21(3)4/h11-14,21,23H,5-10,15-20H2,1-4H3. The highest BCUT2D eigenvalue weighted by atomic mass is 16.5. The lowest BCUT2D eigenvalue weighted by Crippen LogP contribution is -2.54. The number of nitrogens with zero attached hydrogens (tertiary/aromatic N) is 2. The lowest BCUT2D eigenvalue weighted by Gasteiger charge is -2.40. The first-order valence-corrected chi connectivity index (χ1v) is 11.8. The van der Waals surface area contributed by atoms with Crippen LogP contribution in [0.2, 0.25) is 0 Å². The molecule has 29 heavy (non-hydrogen) atoms. The zero-order chi connectivity index (χ0) is 21.1. The zero-order valence-electron chi connectivity index (χ0n) is 19.2. The number of likely N-dealkylation sites (tertiary alicyclic amines) is 1. The summed E-state index contributed by atoms with van der Waals surface area (Å²) in [5, 5.41) is 0. The first-order valence-electron chi connectivity index (χ1n) is 11.8. The van der Waals surface area contributed by atoms with E-state index in [2.05, 4.69) is 61.8 Å². The van der Waals surface area contributed by atoms with Crippen molar-refractivity contribution < 1.29 is 9.53 Å². The first kappa shape index (κ1) is 23.7. The van der Waals surface area contributed by atoms with Gasteiger partial charge in [0.1, 0.15) is 5.75 Å². The van der Waals surface area contributed by atoms with Gasteiger partial charge in [-0.05, 0) is 42.9 Å². The van der Waals surface area contributed by atoms with Gasteiger partial charge in [0.25, 0.3) is 0 Å². The molecule has 1 aliphatic rings. The van der Waals surface area contributed by atoms with E-state index >= 15 is 0 Å². The van der Waals surface area contributed by atoms with Crippen molar-refractivity contribution in [1.29, 1.82) is 0 Å². The molecule has 4 nitrogen and oxygen atoms in total. The van der Waals surface area contributed by atoms with Crippen molar-refractivity contribution in [3.05, 3.63) is 29.8 Å². The maximum Gasteiger partial charge on any atom is 0.228 e. The van der Waals surface area contributed by atoms with Crippen LogP contribution in [0.1, 0.15) is 71.8 Å². The van der Waals surface area contributed by atoms with E-state index < -0.39 is 0 Å². The lowest BCUT2D eigenvalue weighted by atomic mass is 9.97. The predicted molar refractivity (Wildman–Crippen MR) is 121 cm³/mol. The number of ether oxygens (including phenoxy) is 1. The van der Waals surface area contributed by atoms with Crippen molar-refractivity contribution in [2.45, 2.75) is 72.8 Å². The van der Waals surface area contributed by atoms with E-state index in [0.717, 1.165) is 70.3 Å². The quantitative estimate of drug-likeness (QED) is 0.393. The van der Waals surface area contributed by atoms with Gasteiger partial charge >= 0.3 is 0 Å². The van der Waals surface area contributed by atoms with Crippen molar-refractivity contribution in [2.24, 2.45) is 11.8 Å². The lowest BCUT2D eigenvalue weighted by molar-refractivity contribution is -0.141. The van der Waals surface area contributed by atoms with Gasteiger partial charge in [-0.1, -0.05) is 59.1 Å². The van der Waals surface area contributed by atoms with Gasteiger partial charge in [0, 0.05) is 32.7 Å². The molecule has 1 heterocycles. The van der Waals surface area contributed by atoms with Crippen molar-refractivity contribution in [2.75, 3.05) is 32.8 Å². The van der Waals surface area contributed by atoms with Gasteiger partial charge in [0.2, 0.25) is 5.91 Å². The van der Waals surface area contributed by atoms with E-state index in [0.29, 0.717) is 5.91 Å². The Morgan fingerprint density at radius 1 is 1.07 bits per heavy atom. The third-order valence-corrected chi connectivity index (χ3v) is 5.63. The van der Waals surface area contributed by atoms with E-state index in [1.54, 1.807) is 0 Å². The summed E-state index contributed by atoms with van der Waals surface area (Å²) < 4.78 is 5.87. The highest BCUT2D eigenvalue weighted by Crippen LogP contribution is 2.22. The topological polar surface area (TPSA) is 32.8 Å². The SMILES string of the molecule is CCCN(CCC)C(=O)C1CN(Cc2ccc(OCCCCCC(C)C)cc2)C1. The van der Waals surface area contributed by atoms with E-state index in [4.69, 9.17) is 4.74 Å². The van der Waals surface area contributed by atoms with Crippen LogP contribution in [0.5, 0.6) is 5.75 Å². The Bertz CT molecular complexity index is 573. The van der Waals surface area contributed by atoms with Crippen LogP contribution in [-0.4, -0.2) is 48.5 Å². The number of hydrogen-bond donors (Lipinski definition) is 0. The number of carbonyl (C=O) groups excluding carboxylic acids is 1. The maximum absolute atomic E-state index is 12.6. The summed E-state index contributed by atoms with van der Waals surface area (Å²) in [5.41, 5.74) is 1.29. The molecule has 0 aromatic heterocycles. The third-order valence-electron chi connectivity index (χ3n) is 5.63. The Morgan fingerprint density at radius 3 is 2.31 bits per heavy atom. The molecule has 0 radical (unpaired) electrons. The number of unbranched alkanes of at least 4 members (excludes halogenated alkanes) is 2. The van der Waals surface area contributed by atoms with Gasteiger partial charge in [-0.2, -0.15) is 0 Å². The van der Waals surface area contributed by atoms with Crippen LogP contribution in [0, 0.1) is 11.8 Å². The summed E-state index contributed by atoms with van der Waals surface area (Å²) in [4.78, 5) is 17.0. The molecule has 0 atom stereocenters. The van der Waals surface area contributed by atoms with Crippen LogP contribution >= 0.6 is 0 Å². The van der Waals surface area contributed by atoms with Crippen LogP contribution < -0.4 is 4.74 Å². The van der Waals surface area contributed by atoms with Crippen LogP contribution in [-0.2, 0) is 11.3 Å². The fraction of sp³-hybridized carbons (Fsp3) is 0.720. The van der Waals surface area contributed by atoms with Crippen molar-refractivity contribution in [3.63, 3.8) is 0 Å². The fourth-order valence-electron chi connectivity index (χ4n) is 3.96. The van der Waals surface area contributed by atoms with E-state index in [9.17, 15) is 4.79 Å². The molecule has 0 spiro atoms. The molecule has 1 saturated heterocycles. The summed E-state index contributed by atoms with van der Waals surface area (Å²) in [6, 6.07) is 8.47. The Hall–Kier alpha value is -1.55. The fourth-order valence-corrected chi connectivity index (χ4v) is 3.96. The second-order valence-electron chi connectivity index (χ2n) is 8.95. The third kappa shape index (κ3) is 8.38. The van der Waals surface area contributed by atoms with Crippen molar-refractivity contribution in [1.82, 2.24) is 9.80 Å². The summed E-state index contributed by atoms with van der Waals surface area (Å²) in [5.74, 6) is 2.30. The van der Waals surface area contributed by atoms with Gasteiger partial charge in [-0.3, -0.25) is 9.69 Å². The molecule has 1 aromatic carbocycles. The molecule has 4 heteroatoms. The molecule has 1 fully saturated rings. The van der Waals surface area contributed by atoms with E-state index in [-0.39, 0.29) is 5.92 Å². The Balaban J connectivity index is 1.65. The molecular weight excluding hydrogens is 360 g/mol. The van der Waals surface area contributed by atoms with Gasteiger partial charge in [0.15, 0.2) is 0 Å². The number of rotatable bonds is 14. The molecule has 2 rings (SSSR count). The first-order chi connectivity index (χ1) is 14.0.